The molecule has 0 fully saturated rings. The molecule has 57 heavy (non-hydrogen) atoms. The number of ether oxygens (including phenoxy) is 3. The van der Waals surface area contributed by atoms with Crippen LogP contribution in [-0.4, -0.2) is 37.2 Å². The first kappa shape index (κ1) is 54.9. The Bertz CT molecular complexity index is 927. The molecule has 0 saturated carbocycles. The quantitative estimate of drug-likeness (QED) is 0.0264. The van der Waals surface area contributed by atoms with Crippen molar-refractivity contribution in [1.82, 2.24) is 0 Å². The SMILES string of the molecule is CCCCCCCC/C=C\CCCCCCCC(=O)OCC(COC(=O)CCCCCCCCCCC)OC(=O)CCCCCCC/C=C\CCCCCCCC. The number of carbonyl (C=O) groups excluding carboxylic acids is 3. The van der Waals surface area contributed by atoms with Gasteiger partial charge in [0, 0.05) is 19.3 Å². The average molecular weight is 803 g/mol. The van der Waals surface area contributed by atoms with Crippen LogP contribution >= 0.6 is 0 Å². The molecule has 1 unspecified atom stereocenters. The van der Waals surface area contributed by atoms with Gasteiger partial charge in [-0.1, -0.05) is 199 Å². The van der Waals surface area contributed by atoms with Gasteiger partial charge in [0.05, 0.1) is 0 Å². The van der Waals surface area contributed by atoms with Crippen molar-refractivity contribution in [3.63, 3.8) is 0 Å². The van der Waals surface area contributed by atoms with Crippen LogP contribution in [-0.2, 0) is 28.6 Å². The number of allylic oxidation sites excluding steroid dienone is 4. The summed E-state index contributed by atoms with van der Waals surface area (Å²) in [4.78, 5) is 37.8. The third-order valence-electron chi connectivity index (χ3n) is 10.9. The van der Waals surface area contributed by atoms with E-state index in [1.807, 2.05) is 0 Å². The molecule has 1 atom stereocenters. The summed E-state index contributed by atoms with van der Waals surface area (Å²) in [6.07, 6.45) is 51.6. The summed E-state index contributed by atoms with van der Waals surface area (Å²) in [5, 5.41) is 0. The lowest BCUT2D eigenvalue weighted by atomic mass is 10.1. The van der Waals surface area contributed by atoms with Crippen molar-refractivity contribution in [2.24, 2.45) is 0 Å². The van der Waals surface area contributed by atoms with Crippen LogP contribution in [0.2, 0.25) is 0 Å². The maximum Gasteiger partial charge on any atom is 0.306 e. The third kappa shape index (κ3) is 44.8. The number of hydrogen-bond acceptors (Lipinski definition) is 6. The average Bonchev–Trinajstić information content (AvgIpc) is 3.21. The maximum atomic E-state index is 12.7. The second-order valence-corrected chi connectivity index (χ2v) is 16.7. The van der Waals surface area contributed by atoms with Gasteiger partial charge in [0.2, 0.25) is 0 Å². The predicted octanol–water partition coefficient (Wildman–Crippen LogP) is 16.0. The van der Waals surface area contributed by atoms with Gasteiger partial charge in [-0.05, 0) is 70.6 Å². The standard InChI is InChI=1S/C51H94O6/c1-4-7-10-13-16-19-21-23-25-27-29-32-35-38-41-44-50(53)56-47-48(46-55-49(52)43-40-37-34-31-18-15-12-9-6-3)57-51(54)45-42-39-36-33-30-28-26-24-22-20-17-14-11-8-5-2/h23-26,48H,4-22,27-47H2,1-3H3/b25-23-,26-24-. The minimum Gasteiger partial charge on any atom is -0.462 e. The smallest absolute Gasteiger partial charge is 0.306 e. The molecule has 0 aromatic heterocycles. The minimum absolute atomic E-state index is 0.0743. The van der Waals surface area contributed by atoms with Gasteiger partial charge in [-0.25, -0.2) is 0 Å². The summed E-state index contributed by atoms with van der Waals surface area (Å²) >= 11 is 0. The van der Waals surface area contributed by atoms with Gasteiger partial charge < -0.3 is 14.2 Å². The van der Waals surface area contributed by atoms with Gasteiger partial charge >= 0.3 is 17.9 Å². The molecule has 334 valence electrons. The van der Waals surface area contributed by atoms with E-state index in [-0.39, 0.29) is 31.1 Å². The number of carbonyl (C=O) groups is 3. The number of unbranched alkanes of at least 4 members (excludes halogenated alkanes) is 30. The zero-order valence-electron chi connectivity index (χ0n) is 38.1. The highest BCUT2D eigenvalue weighted by Gasteiger charge is 2.19. The fourth-order valence-electron chi connectivity index (χ4n) is 7.14. The van der Waals surface area contributed by atoms with E-state index in [0.717, 1.165) is 70.6 Å². The lowest BCUT2D eigenvalue weighted by Crippen LogP contribution is -2.30. The summed E-state index contributed by atoms with van der Waals surface area (Å²) in [5.41, 5.74) is 0. The second kappa shape index (κ2) is 46.6. The highest BCUT2D eigenvalue weighted by atomic mass is 16.6. The van der Waals surface area contributed by atoms with Gasteiger partial charge in [-0.2, -0.15) is 0 Å². The van der Waals surface area contributed by atoms with Crippen LogP contribution in [0.4, 0.5) is 0 Å². The number of rotatable bonds is 45. The Labute approximate surface area is 353 Å². The van der Waals surface area contributed by atoms with Gasteiger partial charge in [-0.3, -0.25) is 14.4 Å². The summed E-state index contributed by atoms with van der Waals surface area (Å²) in [6.45, 7) is 6.61. The lowest BCUT2D eigenvalue weighted by molar-refractivity contribution is -0.167. The molecule has 0 aliphatic rings. The van der Waals surface area contributed by atoms with Crippen LogP contribution in [0.15, 0.2) is 24.3 Å². The molecule has 0 aromatic carbocycles. The second-order valence-electron chi connectivity index (χ2n) is 16.7. The Hall–Kier alpha value is -2.11. The van der Waals surface area contributed by atoms with Crippen molar-refractivity contribution >= 4 is 17.9 Å². The number of hydrogen-bond donors (Lipinski definition) is 0. The maximum absolute atomic E-state index is 12.7. The van der Waals surface area contributed by atoms with Crippen LogP contribution in [0.3, 0.4) is 0 Å². The topological polar surface area (TPSA) is 78.9 Å². The Morgan fingerprint density at radius 3 is 0.877 bits per heavy atom. The monoisotopic (exact) mass is 803 g/mol. The first-order chi connectivity index (χ1) is 28.0. The Morgan fingerprint density at radius 2 is 0.579 bits per heavy atom. The van der Waals surface area contributed by atoms with E-state index < -0.39 is 6.10 Å². The van der Waals surface area contributed by atoms with Crippen molar-refractivity contribution < 1.29 is 28.6 Å². The van der Waals surface area contributed by atoms with Crippen LogP contribution in [0, 0.1) is 0 Å². The summed E-state index contributed by atoms with van der Waals surface area (Å²) in [6, 6.07) is 0. The minimum atomic E-state index is -0.772. The molecule has 6 nitrogen and oxygen atoms in total. The zero-order chi connectivity index (χ0) is 41.5. The molecule has 0 heterocycles. The first-order valence-electron chi connectivity index (χ1n) is 24.8. The van der Waals surface area contributed by atoms with E-state index >= 15 is 0 Å². The highest BCUT2D eigenvalue weighted by molar-refractivity contribution is 5.71. The van der Waals surface area contributed by atoms with Crippen molar-refractivity contribution in [1.29, 1.82) is 0 Å². The van der Waals surface area contributed by atoms with E-state index in [4.69, 9.17) is 14.2 Å². The Balaban J connectivity index is 4.34. The molecule has 0 aliphatic carbocycles. The fraction of sp³-hybridized carbons (Fsp3) is 0.863. The van der Waals surface area contributed by atoms with Crippen LogP contribution in [0.1, 0.15) is 265 Å². The van der Waals surface area contributed by atoms with E-state index in [2.05, 4.69) is 45.1 Å². The molecular formula is C51H94O6. The molecule has 0 rings (SSSR count). The summed E-state index contributed by atoms with van der Waals surface area (Å²) in [5.74, 6) is -0.885. The largest absolute Gasteiger partial charge is 0.462 e. The van der Waals surface area contributed by atoms with Gasteiger partial charge in [-0.15, -0.1) is 0 Å². The predicted molar refractivity (Wildman–Crippen MR) is 243 cm³/mol. The van der Waals surface area contributed by atoms with E-state index in [0.29, 0.717) is 19.3 Å². The van der Waals surface area contributed by atoms with Crippen LogP contribution < -0.4 is 0 Å². The van der Waals surface area contributed by atoms with Crippen LogP contribution in [0.5, 0.6) is 0 Å². The molecule has 0 radical (unpaired) electrons. The summed E-state index contributed by atoms with van der Waals surface area (Å²) < 4.78 is 16.7. The third-order valence-corrected chi connectivity index (χ3v) is 10.9. The van der Waals surface area contributed by atoms with Crippen molar-refractivity contribution in [3.05, 3.63) is 24.3 Å². The fourth-order valence-corrected chi connectivity index (χ4v) is 7.14. The van der Waals surface area contributed by atoms with Crippen molar-refractivity contribution in [3.8, 4) is 0 Å². The molecule has 0 N–H and O–H groups in total. The van der Waals surface area contributed by atoms with E-state index in [9.17, 15) is 14.4 Å². The molecule has 6 heteroatoms. The van der Waals surface area contributed by atoms with Gasteiger partial charge in [0.1, 0.15) is 13.2 Å². The number of esters is 3. The zero-order valence-corrected chi connectivity index (χ0v) is 38.1. The first-order valence-corrected chi connectivity index (χ1v) is 24.8. The van der Waals surface area contributed by atoms with Gasteiger partial charge in [0.25, 0.3) is 0 Å². The molecule has 0 bridgehead atoms. The Kier molecular flexibility index (Phi) is 44.9. The molecule has 0 aliphatic heterocycles. The molecule has 0 spiro atoms. The summed E-state index contributed by atoms with van der Waals surface area (Å²) in [7, 11) is 0. The molecule has 0 amide bonds. The van der Waals surface area contributed by atoms with E-state index in [1.165, 1.54) is 154 Å². The highest BCUT2D eigenvalue weighted by Crippen LogP contribution is 2.14. The molecular weight excluding hydrogens is 709 g/mol. The van der Waals surface area contributed by atoms with Crippen LogP contribution in [0.25, 0.3) is 0 Å². The van der Waals surface area contributed by atoms with Crippen molar-refractivity contribution in [2.45, 2.75) is 271 Å². The van der Waals surface area contributed by atoms with E-state index in [1.54, 1.807) is 0 Å². The lowest BCUT2D eigenvalue weighted by Gasteiger charge is -2.18. The molecule has 0 saturated heterocycles. The molecule has 0 aromatic rings. The van der Waals surface area contributed by atoms with Crippen molar-refractivity contribution in [2.75, 3.05) is 13.2 Å². The Morgan fingerprint density at radius 1 is 0.333 bits per heavy atom. The van der Waals surface area contributed by atoms with Gasteiger partial charge in [0.15, 0.2) is 6.10 Å². The normalized spacial score (nSPS) is 12.1.